The summed E-state index contributed by atoms with van der Waals surface area (Å²) in [5.41, 5.74) is 0.256. The van der Waals surface area contributed by atoms with Gasteiger partial charge in [-0.1, -0.05) is 77.7 Å². The summed E-state index contributed by atoms with van der Waals surface area (Å²) in [6, 6.07) is 16.4. The molecule has 0 heterocycles. The van der Waals surface area contributed by atoms with Gasteiger partial charge in [0.25, 0.3) is 0 Å². The normalized spacial score (nSPS) is 13.6. The van der Waals surface area contributed by atoms with Crippen LogP contribution in [0.15, 0.2) is 54.6 Å². The summed E-state index contributed by atoms with van der Waals surface area (Å²) in [6.45, 7) is 1.67. The van der Waals surface area contributed by atoms with E-state index in [1.165, 1.54) is 0 Å². The number of hydrogen-bond acceptors (Lipinski definition) is 1. The molecular weight excluding hydrogens is 243 g/mol. The Morgan fingerprint density at radius 3 is 1.88 bits per heavy atom. The molecule has 0 aliphatic carbocycles. The summed E-state index contributed by atoms with van der Waals surface area (Å²) in [5, 5.41) is 13.2. The van der Waals surface area contributed by atoms with Crippen molar-refractivity contribution in [1.29, 1.82) is 0 Å². The molecule has 0 amide bonds. The predicted molar refractivity (Wildman–Crippen MR) is 64.3 cm³/mol. The van der Waals surface area contributed by atoms with Gasteiger partial charge >= 0.3 is 29.6 Å². The van der Waals surface area contributed by atoms with Gasteiger partial charge in [0.15, 0.2) is 0 Å². The third-order valence-electron chi connectivity index (χ3n) is 2.72. The second kappa shape index (κ2) is 6.03. The molecule has 82 valence electrons. The molecular formula is C14H12ClNaO. The molecule has 0 spiro atoms. The Morgan fingerprint density at radius 2 is 1.35 bits per heavy atom. The molecule has 0 aliphatic heterocycles. The molecule has 2 rings (SSSR count). The molecule has 0 aliphatic rings. The summed E-state index contributed by atoms with van der Waals surface area (Å²) in [4.78, 5) is 0. The number of halogens is 1. The third kappa shape index (κ3) is 3.34. The molecule has 2 aromatic rings. The minimum absolute atomic E-state index is 0. The SMILES string of the molecule is CC([O-])(c1ccccc1)c1ccc(Cl)cc1.[Na+]. The van der Waals surface area contributed by atoms with Crippen molar-refractivity contribution in [3.8, 4) is 0 Å². The number of rotatable bonds is 2. The molecule has 0 N–H and O–H groups in total. The van der Waals surface area contributed by atoms with E-state index in [-0.39, 0.29) is 29.6 Å². The molecule has 0 aromatic heterocycles. The van der Waals surface area contributed by atoms with Crippen LogP contribution in [0.5, 0.6) is 0 Å². The van der Waals surface area contributed by atoms with Crippen LogP contribution in [0.25, 0.3) is 0 Å². The van der Waals surface area contributed by atoms with E-state index in [0.717, 1.165) is 11.1 Å². The summed E-state index contributed by atoms with van der Waals surface area (Å²) >= 11 is 5.81. The fourth-order valence-electron chi connectivity index (χ4n) is 1.69. The van der Waals surface area contributed by atoms with Gasteiger partial charge in [0, 0.05) is 5.02 Å². The van der Waals surface area contributed by atoms with Crippen molar-refractivity contribution in [1.82, 2.24) is 0 Å². The van der Waals surface area contributed by atoms with Crippen molar-refractivity contribution in [2.24, 2.45) is 0 Å². The predicted octanol–water partition coefficient (Wildman–Crippen LogP) is -0.0322. The van der Waals surface area contributed by atoms with Gasteiger partial charge in [-0.25, -0.2) is 0 Å². The third-order valence-corrected chi connectivity index (χ3v) is 2.97. The first-order valence-corrected chi connectivity index (χ1v) is 5.50. The van der Waals surface area contributed by atoms with E-state index < -0.39 is 5.60 Å². The van der Waals surface area contributed by atoms with Gasteiger partial charge in [-0.2, -0.15) is 0 Å². The van der Waals surface area contributed by atoms with Crippen LogP contribution in [0.1, 0.15) is 18.1 Å². The first-order chi connectivity index (χ1) is 7.60. The minimum Gasteiger partial charge on any atom is -0.843 e. The Bertz CT molecular complexity index is 465. The van der Waals surface area contributed by atoms with Gasteiger partial charge in [-0.05, 0) is 12.1 Å². The second-order valence-electron chi connectivity index (χ2n) is 3.91. The van der Waals surface area contributed by atoms with E-state index in [0.29, 0.717) is 5.02 Å². The van der Waals surface area contributed by atoms with Crippen LogP contribution in [-0.4, -0.2) is 0 Å². The monoisotopic (exact) mass is 254 g/mol. The van der Waals surface area contributed by atoms with Crippen molar-refractivity contribution in [3.05, 3.63) is 70.7 Å². The van der Waals surface area contributed by atoms with E-state index in [1.807, 2.05) is 30.3 Å². The van der Waals surface area contributed by atoms with Crippen molar-refractivity contribution >= 4 is 11.6 Å². The topological polar surface area (TPSA) is 23.1 Å². The van der Waals surface area contributed by atoms with E-state index in [4.69, 9.17) is 11.6 Å². The maximum atomic E-state index is 12.6. The summed E-state index contributed by atoms with van der Waals surface area (Å²) in [6.07, 6.45) is 0. The fraction of sp³-hybridized carbons (Fsp3) is 0.143. The fourth-order valence-corrected chi connectivity index (χ4v) is 1.82. The molecule has 0 saturated carbocycles. The molecule has 3 heteroatoms. The Hall–Kier alpha value is -0.310. The zero-order valence-electron chi connectivity index (χ0n) is 9.98. The van der Waals surface area contributed by atoms with Crippen LogP contribution >= 0.6 is 11.6 Å². The summed E-state index contributed by atoms with van der Waals surface area (Å²) in [5.74, 6) is 0. The molecule has 0 fully saturated rings. The molecule has 0 saturated heterocycles. The Kier molecular flexibility index (Phi) is 5.23. The molecule has 0 bridgehead atoms. The Balaban J connectivity index is 0.00000144. The van der Waals surface area contributed by atoms with E-state index >= 15 is 0 Å². The average molecular weight is 255 g/mol. The van der Waals surface area contributed by atoms with Gasteiger partial charge in [-0.3, -0.25) is 0 Å². The Morgan fingerprint density at radius 1 is 0.882 bits per heavy atom. The maximum Gasteiger partial charge on any atom is 1.00 e. The molecule has 1 nitrogen and oxygen atoms in total. The maximum absolute atomic E-state index is 12.6. The summed E-state index contributed by atoms with van der Waals surface area (Å²) in [7, 11) is 0. The first kappa shape index (κ1) is 14.7. The first-order valence-electron chi connectivity index (χ1n) is 5.13. The van der Waals surface area contributed by atoms with Gasteiger partial charge < -0.3 is 5.11 Å². The van der Waals surface area contributed by atoms with Gasteiger partial charge in [0.1, 0.15) is 0 Å². The molecule has 1 unspecified atom stereocenters. The summed E-state index contributed by atoms with van der Waals surface area (Å²) < 4.78 is 0. The molecule has 2 aromatic carbocycles. The van der Waals surface area contributed by atoms with Crippen LogP contribution in [0.2, 0.25) is 5.02 Å². The van der Waals surface area contributed by atoms with Crippen molar-refractivity contribution in [3.63, 3.8) is 0 Å². The molecule has 0 radical (unpaired) electrons. The molecule has 17 heavy (non-hydrogen) atoms. The van der Waals surface area contributed by atoms with Crippen molar-refractivity contribution in [2.75, 3.05) is 0 Å². The van der Waals surface area contributed by atoms with Crippen molar-refractivity contribution < 1.29 is 34.7 Å². The van der Waals surface area contributed by atoms with Crippen LogP contribution < -0.4 is 34.7 Å². The average Bonchev–Trinajstić information content (AvgIpc) is 2.31. The van der Waals surface area contributed by atoms with Gasteiger partial charge in [0.05, 0.1) is 0 Å². The van der Waals surface area contributed by atoms with E-state index in [2.05, 4.69) is 0 Å². The van der Waals surface area contributed by atoms with Crippen molar-refractivity contribution in [2.45, 2.75) is 12.5 Å². The molecule has 1 atom stereocenters. The standard InChI is InChI=1S/C14H12ClO.Na/c1-14(16,11-5-3-2-4-6-11)12-7-9-13(15)10-8-12;/h2-10H,1H3;/q-1;+1. The van der Waals surface area contributed by atoms with Crippen LogP contribution in [0.3, 0.4) is 0 Å². The van der Waals surface area contributed by atoms with Gasteiger partial charge in [0.2, 0.25) is 0 Å². The zero-order chi connectivity index (χ0) is 11.6. The number of benzene rings is 2. The Labute approximate surface area is 129 Å². The minimum atomic E-state index is -1.23. The second-order valence-corrected chi connectivity index (χ2v) is 4.34. The van der Waals surface area contributed by atoms with Gasteiger partial charge in [-0.15, -0.1) is 0 Å². The van der Waals surface area contributed by atoms with Crippen LogP contribution in [0.4, 0.5) is 0 Å². The zero-order valence-corrected chi connectivity index (χ0v) is 12.7. The smallest absolute Gasteiger partial charge is 0.843 e. The van der Waals surface area contributed by atoms with Crippen LogP contribution in [-0.2, 0) is 5.60 Å². The van der Waals surface area contributed by atoms with Crippen LogP contribution in [0, 0.1) is 0 Å². The quantitative estimate of drug-likeness (QED) is 0.691. The largest absolute Gasteiger partial charge is 1.00 e. The van der Waals surface area contributed by atoms with E-state index in [1.54, 1.807) is 31.2 Å². The van der Waals surface area contributed by atoms with E-state index in [9.17, 15) is 5.11 Å². The number of hydrogen-bond donors (Lipinski definition) is 0.